The van der Waals surface area contributed by atoms with E-state index in [0.29, 0.717) is 11.2 Å². The van der Waals surface area contributed by atoms with Gasteiger partial charge in [0.2, 0.25) is 5.95 Å². The standard InChI is InChI=1S/C14H12F2N6O2/c1-8-9(12(24)20-6-14(15,16)7-20)5-17-22(8)13-18-11(23)10-3-2-4-21(10)19-13/h2-5H,6-7H2,1H3,(H,18,19,23). The van der Waals surface area contributed by atoms with Crippen LogP contribution in [0.25, 0.3) is 11.5 Å². The summed E-state index contributed by atoms with van der Waals surface area (Å²) < 4.78 is 28.6. The number of likely N-dealkylation sites (tertiary alicyclic amines) is 1. The molecule has 0 atom stereocenters. The van der Waals surface area contributed by atoms with Gasteiger partial charge in [0.05, 0.1) is 30.5 Å². The van der Waals surface area contributed by atoms with Crippen molar-refractivity contribution in [1.82, 2.24) is 29.3 Å². The fourth-order valence-electron chi connectivity index (χ4n) is 2.69. The number of nitrogens with one attached hydrogen (secondary N) is 1. The third-order valence-electron chi connectivity index (χ3n) is 3.96. The molecule has 0 bridgehead atoms. The molecule has 1 N–H and O–H groups in total. The van der Waals surface area contributed by atoms with Gasteiger partial charge in [-0.2, -0.15) is 5.10 Å². The topological polar surface area (TPSA) is 88.3 Å². The number of alkyl halides is 2. The van der Waals surface area contributed by atoms with Gasteiger partial charge in [-0.05, 0) is 19.1 Å². The van der Waals surface area contributed by atoms with Gasteiger partial charge in [0, 0.05) is 6.20 Å². The molecule has 0 spiro atoms. The zero-order valence-corrected chi connectivity index (χ0v) is 12.5. The van der Waals surface area contributed by atoms with Crippen LogP contribution < -0.4 is 5.56 Å². The lowest BCUT2D eigenvalue weighted by atomic mass is 10.1. The zero-order valence-electron chi connectivity index (χ0n) is 12.5. The summed E-state index contributed by atoms with van der Waals surface area (Å²) in [6.45, 7) is 0.416. The van der Waals surface area contributed by atoms with Crippen LogP contribution in [0.2, 0.25) is 0 Å². The maximum atomic E-state index is 12.9. The average Bonchev–Trinajstić information content (AvgIpc) is 3.10. The van der Waals surface area contributed by atoms with E-state index in [9.17, 15) is 18.4 Å². The van der Waals surface area contributed by atoms with E-state index in [-0.39, 0.29) is 17.1 Å². The first-order chi connectivity index (χ1) is 11.4. The van der Waals surface area contributed by atoms with E-state index in [4.69, 9.17) is 0 Å². The number of carbonyl (C=O) groups is 1. The van der Waals surface area contributed by atoms with Crippen LogP contribution in [0.5, 0.6) is 0 Å². The highest BCUT2D eigenvalue weighted by Crippen LogP contribution is 2.28. The molecule has 1 fully saturated rings. The van der Waals surface area contributed by atoms with Crippen molar-refractivity contribution in [3.8, 4) is 5.95 Å². The Morgan fingerprint density at radius 3 is 2.83 bits per heavy atom. The van der Waals surface area contributed by atoms with Crippen LogP contribution in [0.4, 0.5) is 8.78 Å². The summed E-state index contributed by atoms with van der Waals surface area (Å²) in [6, 6.07) is 3.29. The van der Waals surface area contributed by atoms with Crippen molar-refractivity contribution >= 4 is 11.4 Å². The average molecular weight is 334 g/mol. The molecule has 3 aromatic rings. The lowest BCUT2D eigenvalue weighted by Crippen LogP contribution is -2.58. The largest absolute Gasteiger partial charge is 0.326 e. The van der Waals surface area contributed by atoms with Gasteiger partial charge in [0.25, 0.3) is 17.4 Å². The number of fused-ring (bicyclic) bond motifs is 1. The molecule has 24 heavy (non-hydrogen) atoms. The molecule has 124 valence electrons. The van der Waals surface area contributed by atoms with Crippen molar-refractivity contribution in [2.45, 2.75) is 12.8 Å². The third-order valence-corrected chi connectivity index (χ3v) is 3.96. The Bertz CT molecular complexity index is 1010. The van der Waals surface area contributed by atoms with Crippen molar-refractivity contribution in [1.29, 1.82) is 0 Å². The number of carbonyl (C=O) groups excluding carboxylic acids is 1. The van der Waals surface area contributed by atoms with Crippen LogP contribution in [0.3, 0.4) is 0 Å². The molecule has 1 amide bonds. The number of aromatic nitrogens is 5. The summed E-state index contributed by atoms with van der Waals surface area (Å²) in [4.78, 5) is 27.9. The van der Waals surface area contributed by atoms with Crippen LogP contribution in [-0.4, -0.2) is 54.2 Å². The van der Waals surface area contributed by atoms with Crippen molar-refractivity contribution < 1.29 is 13.6 Å². The van der Waals surface area contributed by atoms with E-state index in [1.165, 1.54) is 15.4 Å². The number of H-pyrrole nitrogens is 1. The molecule has 0 unspecified atom stereocenters. The SMILES string of the molecule is Cc1c(C(=O)N2CC(F)(F)C2)cnn1-c1nn2cccc2c(=O)[nH]1. The van der Waals surface area contributed by atoms with Crippen LogP contribution in [0.15, 0.2) is 29.3 Å². The third kappa shape index (κ3) is 2.10. The molecular weight excluding hydrogens is 322 g/mol. The lowest BCUT2D eigenvalue weighted by Gasteiger charge is -2.38. The maximum absolute atomic E-state index is 12.9. The van der Waals surface area contributed by atoms with E-state index < -0.39 is 24.9 Å². The predicted molar refractivity (Wildman–Crippen MR) is 78.5 cm³/mol. The fraction of sp³-hybridized carbons (Fsp3) is 0.286. The van der Waals surface area contributed by atoms with Crippen LogP contribution in [-0.2, 0) is 0 Å². The minimum atomic E-state index is -2.83. The molecule has 0 radical (unpaired) electrons. The normalized spacial score (nSPS) is 16.4. The Kier molecular flexibility index (Phi) is 2.87. The second-order valence-corrected chi connectivity index (χ2v) is 5.69. The van der Waals surface area contributed by atoms with Crippen LogP contribution in [0, 0.1) is 6.92 Å². The molecule has 10 heteroatoms. The molecule has 1 saturated heterocycles. The molecule has 1 aliphatic rings. The van der Waals surface area contributed by atoms with E-state index in [1.54, 1.807) is 25.3 Å². The summed E-state index contributed by atoms with van der Waals surface area (Å²) in [7, 11) is 0. The van der Waals surface area contributed by atoms with Crippen molar-refractivity contribution in [3.05, 3.63) is 46.1 Å². The van der Waals surface area contributed by atoms with Gasteiger partial charge in [0.15, 0.2) is 0 Å². The lowest BCUT2D eigenvalue weighted by molar-refractivity contribution is -0.113. The molecule has 0 aliphatic carbocycles. The number of halogens is 2. The Balaban J connectivity index is 1.71. The number of aromatic amines is 1. The van der Waals surface area contributed by atoms with Crippen molar-refractivity contribution in [2.75, 3.05) is 13.1 Å². The molecule has 4 rings (SSSR count). The van der Waals surface area contributed by atoms with E-state index in [1.807, 2.05) is 0 Å². The maximum Gasteiger partial charge on any atom is 0.282 e. The van der Waals surface area contributed by atoms with Crippen LogP contribution >= 0.6 is 0 Å². The first-order valence-electron chi connectivity index (χ1n) is 7.15. The van der Waals surface area contributed by atoms with Crippen molar-refractivity contribution in [3.63, 3.8) is 0 Å². The monoisotopic (exact) mass is 334 g/mol. The van der Waals surface area contributed by atoms with Gasteiger partial charge < -0.3 is 4.90 Å². The first kappa shape index (κ1) is 14.5. The van der Waals surface area contributed by atoms with Gasteiger partial charge in [-0.25, -0.2) is 18.0 Å². The molecule has 3 aromatic heterocycles. The van der Waals surface area contributed by atoms with E-state index in [2.05, 4.69) is 15.2 Å². The Labute approximate surface area is 133 Å². The minimum absolute atomic E-state index is 0.134. The first-order valence-corrected chi connectivity index (χ1v) is 7.15. The van der Waals surface area contributed by atoms with E-state index >= 15 is 0 Å². The molecule has 0 saturated carbocycles. The Morgan fingerprint density at radius 1 is 1.38 bits per heavy atom. The highest BCUT2D eigenvalue weighted by Gasteiger charge is 2.46. The summed E-state index contributed by atoms with van der Waals surface area (Å²) in [5.41, 5.74) is 0.628. The predicted octanol–water partition coefficient (Wildman–Crippen LogP) is 0.608. The highest BCUT2D eigenvalue weighted by molar-refractivity contribution is 5.95. The number of amides is 1. The van der Waals surface area contributed by atoms with Gasteiger partial charge >= 0.3 is 0 Å². The summed E-state index contributed by atoms with van der Waals surface area (Å²) in [6.07, 6.45) is 2.90. The summed E-state index contributed by atoms with van der Waals surface area (Å²) in [5.74, 6) is -3.21. The minimum Gasteiger partial charge on any atom is -0.326 e. The second-order valence-electron chi connectivity index (χ2n) is 5.69. The highest BCUT2D eigenvalue weighted by atomic mass is 19.3. The second kappa shape index (κ2) is 4.73. The molecular formula is C14H12F2N6O2. The molecule has 8 nitrogen and oxygen atoms in total. The molecule has 1 aliphatic heterocycles. The number of nitrogens with zero attached hydrogens (tertiary/aromatic N) is 5. The summed E-state index contributed by atoms with van der Waals surface area (Å²) in [5, 5.41) is 8.27. The number of hydrogen-bond acceptors (Lipinski definition) is 4. The quantitative estimate of drug-likeness (QED) is 0.744. The molecule has 0 aromatic carbocycles. The van der Waals surface area contributed by atoms with Gasteiger partial charge in [0.1, 0.15) is 5.52 Å². The van der Waals surface area contributed by atoms with Crippen LogP contribution in [0.1, 0.15) is 16.1 Å². The Hall–Kier alpha value is -3.04. The Morgan fingerprint density at radius 2 is 2.12 bits per heavy atom. The number of rotatable bonds is 2. The zero-order chi connectivity index (χ0) is 17.1. The van der Waals surface area contributed by atoms with Gasteiger partial charge in [-0.3, -0.25) is 14.6 Å². The smallest absolute Gasteiger partial charge is 0.282 e. The fourth-order valence-corrected chi connectivity index (χ4v) is 2.69. The number of hydrogen-bond donors (Lipinski definition) is 1. The van der Waals surface area contributed by atoms with E-state index in [0.717, 1.165) is 4.90 Å². The van der Waals surface area contributed by atoms with Crippen molar-refractivity contribution in [2.24, 2.45) is 0 Å². The van der Waals surface area contributed by atoms with Gasteiger partial charge in [-0.1, -0.05) is 0 Å². The molecule has 4 heterocycles. The van der Waals surface area contributed by atoms with Gasteiger partial charge in [-0.15, -0.1) is 5.10 Å². The summed E-state index contributed by atoms with van der Waals surface area (Å²) >= 11 is 0.